The lowest BCUT2D eigenvalue weighted by Crippen LogP contribution is -2.33. The van der Waals surface area contributed by atoms with Crippen molar-refractivity contribution in [3.8, 4) is 0 Å². The number of para-hydroxylation sites is 1. The molecule has 1 aliphatic rings. The number of nitrogens with zero attached hydrogens (tertiary/aromatic N) is 1. The fourth-order valence-corrected chi connectivity index (χ4v) is 4.26. The van der Waals surface area contributed by atoms with Crippen LogP contribution in [0.5, 0.6) is 0 Å². The zero-order chi connectivity index (χ0) is 18.6. The van der Waals surface area contributed by atoms with E-state index in [2.05, 4.69) is 10.0 Å². The number of amides is 2. The standard InChI is InChI=1S/C17H17N3O4S2/c21-16(12-20-10-11-25-17(20)22)18-13-6-8-15(9-7-13)26(23,24)19-14-4-2-1-3-5-14/h1-9,19H,10-12H2,(H,18,21). The van der Waals surface area contributed by atoms with E-state index in [1.54, 1.807) is 30.3 Å². The number of nitrogens with one attached hydrogen (secondary N) is 2. The minimum atomic E-state index is -3.70. The molecule has 136 valence electrons. The third-order valence-corrected chi connectivity index (χ3v) is 5.94. The van der Waals surface area contributed by atoms with Crippen LogP contribution < -0.4 is 10.0 Å². The van der Waals surface area contributed by atoms with Crippen LogP contribution in [0.15, 0.2) is 59.5 Å². The third-order valence-electron chi connectivity index (χ3n) is 3.65. The topological polar surface area (TPSA) is 95.6 Å². The number of carbonyl (C=O) groups excluding carboxylic acids is 2. The fraction of sp³-hybridized carbons (Fsp3) is 0.176. The number of carbonyl (C=O) groups is 2. The van der Waals surface area contributed by atoms with E-state index in [-0.39, 0.29) is 22.6 Å². The Bertz CT molecular complexity index is 899. The van der Waals surface area contributed by atoms with Gasteiger partial charge >= 0.3 is 0 Å². The van der Waals surface area contributed by atoms with Crippen LogP contribution in [0.2, 0.25) is 0 Å². The Morgan fingerprint density at radius 1 is 1.04 bits per heavy atom. The van der Waals surface area contributed by atoms with Gasteiger partial charge in [0.1, 0.15) is 6.54 Å². The molecular weight excluding hydrogens is 374 g/mol. The summed E-state index contributed by atoms with van der Waals surface area (Å²) in [4.78, 5) is 25.1. The second-order valence-electron chi connectivity index (χ2n) is 5.58. The van der Waals surface area contributed by atoms with Crippen molar-refractivity contribution in [3.63, 3.8) is 0 Å². The average molecular weight is 391 g/mol. The molecule has 0 aliphatic carbocycles. The Hall–Kier alpha value is -2.52. The van der Waals surface area contributed by atoms with Crippen LogP contribution >= 0.6 is 11.8 Å². The maximum absolute atomic E-state index is 12.4. The number of benzene rings is 2. The summed E-state index contributed by atoms with van der Waals surface area (Å²) in [6, 6.07) is 14.4. The Balaban J connectivity index is 1.62. The largest absolute Gasteiger partial charge is 0.325 e. The highest BCUT2D eigenvalue weighted by atomic mass is 32.2. The van der Waals surface area contributed by atoms with Crippen LogP contribution in [0, 0.1) is 0 Å². The van der Waals surface area contributed by atoms with E-state index in [9.17, 15) is 18.0 Å². The number of rotatable bonds is 6. The lowest BCUT2D eigenvalue weighted by Gasteiger charge is -2.14. The van der Waals surface area contributed by atoms with E-state index in [4.69, 9.17) is 0 Å². The Morgan fingerprint density at radius 2 is 1.73 bits per heavy atom. The zero-order valence-corrected chi connectivity index (χ0v) is 15.3. The Morgan fingerprint density at radius 3 is 2.35 bits per heavy atom. The van der Waals surface area contributed by atoms with Gasteiger partial charge in [-0.25, -0.2) is 8.42 Å². The van der Waals surface area contributed by atoms with Gasteiger partial charge in [0.25, 0.3) is 15.3 Å². The molecule has 3 rings (SSSR count). The van der Waals surface area contributed by atoms with Crippen molar-refractivity contribution < 1.29 is 18.0 Å². The molecule has 2 N–H and O–H groups in total. The van der Waals surface area contributed by atoms with Crippen LogP contribution in [0.25, 0.3) is 0 Å². The first-order valence-corrected chi connectivity index (χ1v) is 10.3. The molecule has 2 aromatic rings. The van der Waals surface area contributed by atoms with Gasteiger partial charge in [-0.2, -0.15) is 0 Å². The van der Waals surface area contributed by atoms with E-state index >= 15 is 0 Å². The van der Waals surface area contributed by atoms with Gasteiger partial charge in [-0.15, -0.1) is 0 Å². The highest BCUT2D eigenvalue weighted by Gasteiger charge is 2.23. The molecule has 1 fully saturated rings. The predicted octanol–water partition coefficient (Wildman–Crippen LogP) is 2.59. The lowest BCUT2D eigenvalue weighted by atomic mass is 10.3. The molecule has 1 aliphatic heterocycles. The molecule has 0 unspecified atom stereocenters. The van der Waals surface area contributed by atoms with Crippen molar-refractivity contribution in [2.75, 3.05) is 28.9 Å². The first kappa shape index (κ1) is 18.3. The predicted molar refractivity (Wildman–Crippen MR) is 102 cm³/mol. The fourth-order valence-electron chi connectivity index (χ4n) is 2.38. The molecule has 7 nitrogen and oxygen atoms in total. The molecule has 2 amide bonds. The number of thioether (sulfide) groups is 1. The Kier molecular flexibility index (Phi) is 5.48. The summed E-state index contributed by atoms with van der Waals surface area (Å²) in [7, 11) is -3.70. The highest BCUT2D eigenvalue weighted by Crippen LogP contribution is 2.19. The summed E-state index contributed by atoms with van der Waals surface area (Å²) in [5.74, 6) is 0.367. The first-order valence-electron chi connectivity index (χ1n) is 7.83. The molecule has 0 aromatic heterocycles. The van der Waals surface area contributed by atoms with Gasteiger partial charge in [-0.05, 0) is 36.4 Å². The maximum atomic E-state index is 12.4. The van der Waals surface area contributed by atoms with Gasteiger partial charge in [0.2, 0.25) is 5.91 Å². The quantitative estimate of drug-likeness (QED) is 0.789. The minimum absolute atomic E-state index is 0.0125. The van der Waals surface area contributed by atoms with Crippen molar-refractivity contribution in [1.29, 1.82) is 0 Å². The summed E-state index contributed by atoms with van der Waals surface area (Å²) in [6.45, 7) is 0.542. The van der Waals surface area contributed by atoms with E-state index in [1.807, 2.05) is 0 Å². The number of hydrogen-bond donors (Lipinski definition) is 2. The molecule has 0 radical (unpaired) electrons. The molecule has 0 bridgehead atoms. The van der Waals surface area contributed by atoms with Gasteiger partial charge in [0.15, 0.2) is 0 Å². The first-order chi connectivity index (χ1) is 12.4. The van der Waals surface area contributed by atoms with Crippen molar-refractivity contribution in [3.05, 3.63) is 54.6 Å². The molecule has 1 heterocycles. The van der Waals surface area contributed by atoms with Gasteiger partial charge in [-0.3, -0.25) is 14.3 Å². The number of anilines is 2. The SMILES string of the molecule is O=C(CN1CCSC1=O)Nc1ccc(S(=O)(=O)Nc2ccccc2)cc1. The smallest absolute Gasteiger partial charge is 0.282 e. The van der Waals surface area contributed by atoms with Crippen LogP contribution in [0.4, 0.5) is 16.2 Å². The summed E-state index contributed by atoms with van der Waals surface area (Å²) in [5.41, 5.74) is 0.936. The van der Waals surface area contributed by atoms with E-state index in [0.29, 0.717) is 23.7 Å². The molecule has 1 saturated heterocycles. The summed E-state index contributed by atoms with van der Waals surface area (Å²) in [5, 5.41) is 2.56. The summed E-state index contributed by atoms with van der Waals surface area (Å²) >= 11 is 1.19. The number of sulfonamides is 1. The van der Waals surface area contributed by atoms with Crippen LogP contribution in [-0.2, 0) is 14.8 Å². The van der Waals surface area contributed by atoms with Crippen LogP contribution in [0.1, 0.15) is 0 Å². The van der Waals surface area contributed by atoms with Gasteiger partial charge in [0.05, 0.1) is 4.90 Å². The normalized spacial score (nSPS) is 14.3. The van der Waals surface area contributed by atoms with Crippen molar-refractivity contribution >= 4 is 44.3 Å². The molecule has 9 heteroatoms. The maximum Gasteiger partial charge on any atom is 0.282 e. The zero-order valence-electron chi connectivity index (χ0n) is 13.7. The molecule has 0 spiro atoms. The molecule has 0 saturated carbocycles. The van der Waals surface area contributed by atoms with Crippen molar-refractivity contribution in [1.82, 2.24) is 4.90 Å². The molecule has 26 heavy (non-hydrogen) atoms. The van der Waals surface area contributed by atoms with E-state index < -0.39 is 10.0 Å². The second kappa shape index (κ2) is 7.79. The summed E-state index contributed by atoms with van der Waals surface area (Å²) in [6.07, 6.45) is 0. The number of hydrogen-bond acceptors (Lipinski definition) is 5. The van der Waals surface area contributed by atoms with Crippen LogP contribution in [-0.4, -0.2) is 43.3 Å². The van der Waals surface area contributed by atoms with Gasteiger partial charge in [-0.1, -0.05) is 30.0 Å². The lowest BCUT2D eigenvalue weighted by molar-refractivity contribution is -0.116. The third kappa shape index (κ3) is 4.55. The summed E-state index contributed by atoms with van der Waals surface area (Å²) < 4.78 is 27.2. The monoisotopic (exact) mass is 391 g/mol. The Labute approximate surface area is 155 Å². The van der Waals surface area contributed by atoms with Crippen LogP contribution in [0.3, 0.4) is 0 Å². The van der Waals surface area contributed by atoms with E-state index in [0.717, 1.165) is 0 Å². The van der Waals surface area contributed by atoms with Gasteiger partial charge < -0.3 is 10.2 Å². The molecular formula is C17H17N3O4S2. The second-order valence-corrected chi connectivity index (χ2v) is 8.31. The minimum Gasteiger partial charge on any atom is -0.325 e. The molecule has 0 atom stereocenters. The van der Waals surface area contributed by atoms with Gasteiger partial charge in [0, 0.05) is 23.7 Å². The average Bonchev–Trinajstić information content (AvgIpc) is 3.00. The highest BCUT2D eigenvalue weighted by molar-refractivity contribution is 8.13. The van der Waals surface area contributed by atoms with E-state index in [1.165, 1.54) is 40.9 Å². The molecule has 2 aromatic carbocycles. The van der Waals surface area contributed by atoms with Crippen molar-refractivity contribution in [2.24, 2.45) is 0 Å². The van der Waals surface area contributed by atoms with Crippen molar-refractivity contribution in [2.45, 2.75) is 4.90 Å².